The molecular formula is C31H18ClI2N3O5. The summed E-state index contributed by atoms with van der Waals surface area (Å²) in [5.74, 6) is 0.320. The van der Waals surface area contributed by atoms with E-state index in [1.54, 1.807) is 66.9 Å². The maximum absolute atomic E-state index is 13.6. The lowest BCUT2D eigenvalue weighted by Gasteiger charge is -2.12. The van der Waals surface area contributed by atoms with Crippen molar-refractivity contribution in [2.24, 2.45) is 5.10 Å². The average Bonchev–Trinajstić information content (AvgIpc) is 3.39. The van der Waals surface area contributed by atoms with Crippen LogP contribution in [0, 0.1) is 7.14 Å². The molecule has 11 heteroatoms. The number of nitrogens with zero attached hydrogens (tertiary/aromatic N) is 3. The van der Waals surface area contributed by atoms with Crippen LogP contribution in [-0.2, 0) is 6.61 Å². The first kappa shape index (κ1) is 28.4. The lowest BCUT2D eigenvalue weighted by Crippen LogP contribution is -2.20. The Labute approximate surface area is 270 Å². The van der Waals surface area contributed by atoms with Crippen LogP contribution < -0.4 is 10.3 Å². The van der Waals surface area contributed by atoms with E-state index in [0.717, 1.165) is 23.7 Å². The maximum Gasteiger partial charge on any atom is 0.335 e. The molecule has 0 spiro atoms. The molecule has 1 N–H and O–H groups in total. The highest BCUT2D eigenvalue weighted by atomic mass is 127. The molecule has 2 aromatic heterocycles. The molecule has 0 fully saturated rings. The first-order valence-electron chi connectivity index (χ1n) is 12.5. The zero-order valence-corrected chi connectivity index (χ0v) is 26.5. The lowest BCUT2D eigenvalue weighted by atomic mass is 10.1. The number of para-hydroxylation sites is 1. The Balaban J connectivity index is 1.35. The number of fused-ring (bicyclic) bond motifs is 2. The van der Waals surface area contributed by atoms with Gasteiger partial charge in [-0.25, -0.2) is 9.78 Å². The Hall–Kier alpha value is -3.75. The quantitative estimate of drug-likeness (QED) is 0.130. The fourth-order valence-corrected chi connectivity index (χ4v) is 6.69. The number of hydrogen-bond acceptors (Lipinski definition) is 6. The van der Waals surface area contributed by atoms with Gasteiger partial charge in [0, 0.05) is 10.4 Å². The molecule has 6 rings (SSSR count). The minimum Gasteiger partial charge on any atom is -0.487 e. The van der Waals surface area contributed by atoms with Gasteiger partial charge in [0.05, 0.1) is 29.8 Å². The molecule has 0 radical (unpaired) electrons. The molecule has 0 unspecified atom stereocenters. The van der Waals surface area contributed by atoms with Gasteiger partial charge in [0.25, 0.3) is 5.56 Å². The fourth-order valence-electron chi connectivity index (χ4n) is 4.38. The Morgan fingerprint density at radius 3 is 2.60 bits per heavy atom. The third-order valence-corrected chi connectivity index (χ3v) is 8.19. The van der Waals surface area contributed by atoms with Crippen molar-refractivity contribution < 1.29 is 19.1 Å². The standard InChI is InChI=1S/C31H18ClI2N3O5/c32-21-8-9-26-20(13-21)14-27(42-26)29-36-25-7-2-1-6-22(25)30(38)37(29)35-15-18-11-23(33)28(24(34)12-18)41-16-17-4-3-5-19(10-17)31(39)40/h1-15H,16H2,(H,39,40). The van der Waals surface area contributed by atoms with Crippen molar-refractivity contribution in [3.8, 4) is 17.3 Å². The number of hydrogen-bond donors (Lipinski definition) is 1. The molecule has 2 heterocycles. The van der Waals surface area contributed by atoms with Gasteiger partial charge in [0.2, 0.25) is 5.82 Å². The topological polar surface area (TPSA) is 107 Å². The molecule has 208 valence electrons. The number of aromatic nitrogens is 2. The second-order valence-electron chi connectivity index (χ2n) is 9.21. The zero-order valence-electron chi connectivity index (χ0n) is 21.4. The summed E-state index contributed by atoms with van der Waals surface area (Å²) >= 11 is 10.5. The van der Waals surface area contributed by atoms with E-state index in [2.05, 4.69) is 50.3 Å². The molecule has 0 amide bonds. The zero-order chi connectivity index (χ0) is 29.4. The molecular weight excluding hydrogens is 784 g/mol. The lowest BCUT2D eigenvalue weighted by molar-refractivity contribution is 0.0696. The van der Waals surface area contributed by atoms with Crippen LogP contribution in [0.25, 0.3) is 33.5 Å². The third kappa shape index (κ3) is 5.78. The number of halogens is 3. The monoisotopic (exact) mass is 801 g/mol. The van der Waals surface area contributed by atoms with Crippen molar-refractivity contribution in [3.63, 3.8) is 0 Å². The van der Waals surface area contributed by atoms with E-state index >= 15 is 0 Å². The highest BCUT2D eigenvalue weighted by Crippen LogP contribution is 2.31. The van der Waals surface area contributed by atoms with Gasteiger partial charge in [-0.3, -0.25) is 4.79 Å². The van der Waals surface area contributed by atoms with E-state index in [1.807, 2.05) is 24.3 Å². The molecule has 0 atom stereocenters. The Bertz CT molecular complexity index is 2080. The van der Waals surface area contributed by atoms with Crippen molar-refractivity contribution in [2.75, 3.05) is 0 Å². The number of carboxylic acids is 1. The normalized spacial score (nSPS) is 11.5. The van der Waals surface area contributed by atoms with Crippen LogP contribution >= 0.6 is 56.8 Å². The van der Waals surface area contributed by atoms with Crippen LogP contribution in [0.3, 0.4) is 0 Å². The summed E-state index contributed by atoms with van der Waals surface area (Å²) in [6.45, 7) is 0.213. The van der Waals surface area contributed by atoms with Crippen LogP contribution in [0.15, 0.2) is 99.2 Å². The molecule has 0 bridgehead atoms. The predicted molar refractivity (Wildman–Crippen MR) is 179 cm³/mol. The van der Waals surface area contributed by atoms with Crippen molar-refractivity contribution in [2.45, 2.75) is 6.61 Å². The second kappa shape index (κ2) is 11.9. The van der Waals surface area contributed by atoms with Crippen molar-refractivity contribution in [1.29, 1.82) is 0 Å². The molecule has 0 saturated carbocycles. The van der Waals surface area contributed by atoms with Crippen LogP contribution in [0.4, 0.5) is 0 Å². The van der Waals surface area contributed by atoms with Crippen LogP contribution in [0.2, 0.25) is 5.02 Å². The molecule has 0 aliphatic rings. The number of rotatable bonds is 7. The van der Waals surface area contributed by atoms with E-state index in [0.29, 0.717) is 33.0 Å². The number of carbonyl (C=O) groups is 1. The Morgan fingerprint density at radius 1 is 1.02 bits per heavy atom. The van der Waals surface area contributed by atoms with Gasteiger partial charge < -0.3 is 14.3 Å². The van der Waals surface area contributed by atoms with E-state index in [1.165, 1.54) is 4.68 Å². The van der Waals surface area contributed by atoms with E-state index in [9.17, 15) is 14.7 Å². The summed E-state index contributed by atoms with van der Waals surface area (Å²) in [5.41, 5.74) is 2.50. The predicted octanol–water partition coefficient (Wildman–Crippen LogP) is 7.83. The van der Waals surface area contributed by atoms with Gasteiger partial charge in [-0.15, -0.1) is 0 Å². The number of benzene rings is 4. The fraction of sp³-hybridized carbons (Fsp3) is 0.0323. The SMILES string of the molecule is O=C(O)c1cccc(COc2c(I)cc(C=Nn3c(-c4cc5cc(Cl)ccc5o4)nc4ccccc4c3=O)cc2I)c1. The van der Waals surface area contributed by atoms with Gasteiger partial charge in [-0.05, 0) is 117 Å². The van der Waals surface area contributed by atoms with E-state index < -0.39 is 5.97 Å². The highest BCUT2D eigenvalue weighted by molar-refractivity contribution is 14.1. The Morgan fingerprint density at radius 2 is 1.81 bits per heavy atom. The first-order valence-corrected chi connectivity index (χ1v) is 15.0. The number of furan rings is 1. The second-order valence-corrected chi connectivity index (χ2v) is 12.0. The molecule has 42 heavy (non-hydrogen) atoms. The number of aromatic carboxylic acids is 1. The molecule has 0 saturated heterocycles. The van der Waals surface area contributed by atoms with Gasteiger partial charge in [0.15, 0.2) is 5.76 Å². The highest BCUT2D eigenvalue weighted by Gasteiger charge is 2.17. The van der Waals surface area contributed by atoms with Gasteiger partial charge >= 0.3 is 5.97 Å². The first-order chi connectivity index (χ1) is 20.3. The summed E-state index contributed by atoms with van der Waals surface area (Å²) < 4.78 is 15.0. The third-order valence-electron chi connectivity index (χ3n) is 6.35. The minimum absolute atomic E-state index is 0.205. The minimum atomic E-state index is -0.988. The molecule has 0 aliphatic carbocycles. The van der Waals surface area contributed by atoms with E-state index in [-0.39, 0.29) is 23.6 Å². The summed E-state index contributed by atoms with van der Waals surface area (Å²) in [7, 11) is 0. The summed E-state index contributed by atoms with van der Waals surface area (Å²) in [4.78, 5) is 29.6. The summed E-state index contributed by atoms with van der Waals surface area (Å²) in [6.07, 6.45) is 1.59. The molecule has 6 aromatic rings. The van der Waals surface area contributed by atoms with Crippen molar-refractivity contribution in [1.82, 2.24) is 9.66 Å². The summed E-state index contributed by atoms with van der Waals surface area (Å²) in [6, 6.07) is 24.6. The van der Waals surface area contributed by atoms with Gasteiger partial charge in [-0.2, -0.15) is 9.78 Å². The molecule has 4 aromatic carbocycles. The van der Waals surface area contributed by atoms with Crippen molar-refractivity contribution in [3.05, 3.63) is 124 Å². The van der Waals surface area contributed by atoms with Crippen molar-refractivity contribution >= 4 is 90.8 Å². The van der Waals surface area contributed by atoms with Gasteiger partial charge in [-0.1, -0.05) is 35.9 Å². The summed E-state index contributed by atoms with van der Waals surface area (Å²) in [5, 5.41) is 15.6. The van der Waals surface area contributed by atoms with Gasteiger partial charge in [0.1, 0.15) is 17.9 Å². The number of carboxylic acid groups (broad SMARTS) is 1. The van der Waals surface area contributed by atoms with Crippen LogP contribution in [0.5, 0.6) is 5.75 Å². The Kier molecular flexibility index (Phi) is 8.01. The maximum atomic E-state index is 13.6. The molecule has 8 nitrogen and oxygen atoms in total. The smallest absolute Gasteiger partial charge is 0.335 e. The largest absolute Gasteiger partial charge is 0.487 e. The average molecular weight is 802 g/mol. The molecule has 0 aliphatic heterocycles. The van der Waals surface area contributed by atoms with E-state index in [4.69, 9.17) is 25.7 Å². The number of ether oxygens (including phenoxy) is 1. The van der Waals surface area contributed by atoms with Crippen LogP contribution in [0.1, 0.15) is 21.5 Å². The van der Waals surface area contributed by atoms with Crippen LogP contribution in [-0.4, -0.2) is 27.0 Å².